The van der Waals surface area contributed by atoms with Crippen LogP contribution in [0.1, 0.15) is 29.6 Å². The summed E-state index contributed by atoms with van der Waals surface area (Å²) in [6.07, 6.45) is 4.31. The Labute approximate surface area is 174 Å². The smallest absolute Gasteiger partial charge is 0.258 e. The van der Waals surface area contributed by atoms with Crippen LogP contribution >= 0.6 is 11.6 Å². The molecule has 1 heterocycles. The maximum Gasteiger partial charge on any atom is 0.258 e. The zero-order chi connectivity index (χ0) is 21.1. The van der Waals surface area contributed by atoms with Crippen molar-refractivity contribution in [3.8, 4) is 17.2 Å². The maximum absolute atomic E-state index is 15.1. The van der Waals surface area contributed by atoms with E-state index in [1.54, 1.807) is 6.07 Å². The van der Waals surface area contributed by atoms with Crippen molar-refractivity contribution in [2.24, 2.45) is 11.8 Å². The normalized spacial score (nSPS) is 18.3. The zero-order valence-electron chi connectivity index (χ0n) is 16.4. The Bertz CT molecular complexity index is 972. The van der Waals surface area contributed by atoms with Crippen molar-refractivity contribution in [1.29, 1.82) is 5.26 Å². The molecule has 3 N–H and O–H groups in total. The van der Waals surface area contributed by atoms with E-state index < -0.39 is 11.7 Å². The van der Waals surface area contributed by atoms with E-state index in [-0.39, 0.29) is 22.7 Å². The van der Waals surface area contributed by atoms with Crippen LogP contribution in [-0.2, 0) is 0 Å². The number of nitrogen functional groups attached to an aromatic ring is 1. The Balaban J connectivity index is 1.81. The number of carbonyl (C=O) groups excluding carboxylic acids is 1. The number of nitriles is 1. The minimum atomic E-state index is -0.721. The summed E-state index contributed by atoms with van der Waals surface area (Å²) in [6, 6.07) is 6.94. The van der Waals surface area contributed by atoms with Crippen LogP contribution in [0.2, 0.25) is 5.02 Å². The number of carbonyl (C=O) groups is 1. The van der Waals surface area contributed by atoms with Crippen molar-refractivity contribution in [3.05, 3.63) is 40.8 Å². The number of nitrogens with zero attached hydrogens (tertiary/aromatic N) is 3. The van der Waals surface area contributed by atoms with Crippen LogP contribution in [0, 0.1) is 29.0 Å². The van der Waals surface area contributed by atoms with Gasteiger partial charge in [-0.1, -0.05) is 11.6 Å². The molecule has 0 saturated heterocycles. The second-order valence-corrected chi connectivity index (χ2v) is 7.93. The van der Waals surface area contributed by atoms with Gasteiger partial charge in [0.1, 0.15) is 11.6 Å². The number of benzene rings is 1. The summed E-state index contributed by atoms with van der Waals surface area (Å²) in [6.45, 7) is 0.707. The maximum atomic E-state index is 15.1. The molecule has 2 unspecified atom stereocenters. The van der Waals surface area contributed by atoms with Crippen LogP contribution < -0.4 is 11.1 Å². The fourth-order valence-electron chi connectivity index (χ4n) is 3.59. The lowest BCUT2D eigenvalue weighted by Crippen LogP contribution is -2.24. The monoisotopic (exact) mass is 415 g/mol. The number of hydrogen-bond donors (Lipinski definition) is 2. The third-order valence-corrected chi connectivity index (χ3v) is 5.55. The van der Waals surface area contributed by atoms with E-state index in [1.165, 1.54) is 37.3 Å². The predicted molar refractivity (Wildman–Crippen MR) is 112 cm³/mol. The fraction of sp³-hybridized carbons (Fsp3) is 0.381. The van der Waals surface area contributed by atoms with Crippen molar-refractivity contribution >= 4 is 29.0 Å². The first-order valence-electron chi connectivity index (χ1n) is 9.40. The molecule has 1 aromatic heterocycles. The van der Waals surface area contributed by atoms with Crippen LogP contribution in [0.5, 0.6) is 0 Å². The average molecular weight is 416 g/mol. The molecule has 8 heteroatoms. The standard InChI is InChI=1S/C21H23ClFN5O/c1-28(2)21(29)19-17(25)6-5-14(20(19)23)15-11-27-18(8-16(15)22)26-10-13-4-3-12(7-13)9-24/h5-6,8,11-13H,3-4,7,10,25H2,1-2H3,(H,26,27). The Hall–Kier alpha value is -2.85. The number of rotatable bonds is 5. The van der Waals surface area contributed by atoms with Crippen molar-refractivity contribution in [2.45, 2.75) is 19.3 Å². The number of nitrogens with two attached hydrogens (primary N) is 1. The number of hydrogen-bond acceptors (Lipinski definition) is 5. The quantitative estimate of drug-likeness (QED) is 0.714. The van der Waals surface area contributed by atoms with Crippen molar-refractivity contribution in [3.63, 3.8) is 0 Å². The van der Waals surface area contributed by atoms with Gasteiger partial charge in [0.25, 0.3) is 5.91 Å². The molecule has 0 bridgehead atoms. The number of pyridine rings is 1. The second kappa shape index (κ2) is 8.66. The molecule has 2 atom stereocenters. The topological polar surface area (TPSA) is 95.0 Å². The molecule has 2 aromatic rings. The van der Waals surface area contributed by atoms with Crippen LogP contribution in [0.25, 0.3) is 11.1 Å². The molecule has 1 aliphatic rings. The highest BCUT2D eigenvalue weighted by atomic mass is 35.5. The predicted octanol–water partition coefficient (Wildman–Crippen LogP) is 4.18. The molecule has 1 aliphatic carbocycles. The van der Waals surface area contributed by atoms with E-state index in [1.807, 2.05) is 0 Å². The summed E-state index contributed by atoms with van der Waals surface area (Å²) in [7, 11) is 3.07. The summed E-state index contributed by atoms with van der Waals surface area (Å²) < 4.78 is 15.1. The first kappa shape index (κ1) is 20.9. The van der Waals surface area contributed by atoms with E-state index in [9.17, 15) is 4.79 Å². The number of amides is 1. The molecule has 0 spiro atoms. The highest BCUT2D eigenvalue weighted by molar-refractivity contribution is 6.33. The lowest BCUT2D eigenvalue weighted by molar-refractivity contribution is 0.0824. The Morgan fingerprint density at radius 2 is 2.17 bits per heavy atom. The molecule has 1 fully saturated rings. The highest BCUT2D eigenvalue weighted by Gasteiger charge is 2.25. The van der Waals surface area contributed by atoms with E-state index in [4.69, 9.17) is 22.6 Å². The van der Waals surface area contributed by atoms with Gasteiger partial charge in [0, 0.05) is 49.6 Å². The molecular formula is C21H23ClFN5O. The van der Waals surface area contributed by atoms with Crippen molar-refractivity contribution < 1.29 is 9.18 Å². The van der Waals surface area contributed by atoms with Crippen LogP contribution in [0.15, 0.2) is 24.4 Å². The molecule has 0 aliphatic heterocycles. The Morgan fingerprint density at radius 3 is 2.79 bits per heavy atom. The molecule has 1 saturated carbocycles. The van der Waals surface area contributed by atoms with E-state index in [0.29, 0.717) is 28.9 Å². The van der Waals surface area contributed by atoms with Gasteiger partial charge in [-0.25, -0.2) is 9.37 Å². The lowest BCUT2D eigenvalue weighted by atomic mass is 10.0. The van der Waals surface area contributed by atoms with Crippen molar-refractivity contribution in [1.82, 2.24) is 9.88 Å². The molecule has 1 aromatic carbocycles. The van der Waals surface area contributed by atoms with Gasteiger partial charge in [0.15, 0.2) is 0 Å². The van der Waals surface area contributed by atoms with Gasteiger partial charge in [-0.3, -0.25) is 4.79 Å². The summed E-state index contributed by atoms with van der Waals surface area (Å²) in [5.41, 5.74) is 6.26. The molecule has 0 radical (unpaired) electrons. The van der Waals surface area contributed by atoms with E-state index in [0.717, 1.165) is 19.3 Å². The molecule has 29 heavy (non-hydrogen) atoms. The lowest BCUT2D eigenvalue weighted by Gasteiger charge is -2.16. The van der Waals surface area contributed by atoms with Crippen LogP contribution in [-0.4, -0.2) is 36.4 Å². The fourth-order valence-corrected chi connectivity index (χ4v) is 3.85. The van der Waals surface area contributed by atoms with Gasteiger partial charge in [0.2, 0.25) is 0 Å². The van der Waals surface area contributed by atoms with E-state index >= 15 is 4.39 Å². The number of nitrogens with one attached hydrogen (secondary N) is 1. The van der Waals surface area contributed by atoms with E-state index in [2.05, 4.69) is 16.4 Å². The van der Waals surface area contributed by atoms with Crippen LogP contribution in [0.3, 0.4) is 0 Å². The van der Waals surface area contributed by atoms with Gasteiger partial charge < -0.3 is 16.0 Å². The molecular weight excluding hydrogens is 393 g/mol. The van der Waals surface area contributed by atoms with Gasteiger partial charge in [-0.15, -0.1) is 0 Å². The molecule has 152 valence electrons. The molecule has 3 rings (SSSR count). The number of anilines is 2. The Kier molecular flexibility index (Phi) is 6.23. The minimum Gasteiger partial charge on any atom is -0.398 e. The third-order valence-electron chi connectivity index (χ3n) is 5.23. The zero-order valence-corrected chi connectivity index (χ0v) is 17.1. The summed E-state index contributed by atoms with van der Waals surface area (Å²) in [4.78, 5) is 17.9. The SMILES string of the molecule is CN(C)C(=O)c1c(N)ccc(-c2cnc(NCC3CCC(C#N)C3)cc2Cl)c1F. The first-order chi connectivity index (χ1) is 13.8. The first-order valence-corrected chi connectivity index (χ1v) is 9.78. The molecule has 6 nitrogen and oxygen atoms in total. The minimum absolute atomic E-state index is 0.0690. The average Bonchev–Trinajstić information content (AvgIpc) is 3.15. The number of halogens is 2. The van der Waals surface area contributed by atoms with Crippen LogP contribution in [0.4, 0.5) is 15.9 Å². The second-order valence-electron chi connectivity index (χ2n) is 7.53. The van der Waals surface area contributed by atoms with Gasteiger partial charge >= 0.3 is 0 Å². The molecule has 1 amide bonds. The summed E-state index contributed by atoms with van der Waals surface area (Å²) in [5.74, 6) is -0.0972. The van der Waals surface area contributed by atoms with Gasteiger partial charge in [-0.2, -0.15) is 5.26 Å². The third kappa shape index (κ3) is 4.43. The largest absolute Gasteiger partial charge is 0.398 e. The van der Waals surface area contributed by atoms with Gasteiger partial charge in [0.05, 0.1) is 16.7 Å². The Morgan fingerprint density at radius 1 is 1.41 bits per heavy atom. The summed E-state index contributed by atoms with van der Waals surface area (Å²) in [5, 5.41) is 12.6. The summed E-state index contributed by atoms with van der Waals surface area (Å²) >= 11 is 6.39. The highest BCUT2D eigenvalue weighted by Crippen LogP contribution is 2.35. The van der Waals surface area contributed by atoms with Crippen molar-refractivity contribution in [2.75, 3.05) is 31.7 Å². The number of aromatic nitrogens is 1. The van der Waals surface area contributed by atoms with Gasteiger partial charge in [-0.05, 0) is 43.4 Å².